The summed E-state index contributed by atoms with van der Waals surface area (Å²) in [5, 5.41) is 6.30. The summed E-state index contributed by atoms with van der Waals surface area (Å²) >= 11 is 0. The zero-order valence-electron chi connectivity index (χ0n) is 11.3. The molecule has 19 heavy (non-hydrogen) atoms. The number of ether oxygens (including phenoxy) is 2. The lowest BCUT2D eigenvalue weighted by Crippen LogP contribution is -2.25. The van der Waals surface area contributed by atoms with E-state index in [4.69, 9.17) is 9.47 Å². The number of aromatic amines is 1. The summed E-state index contributed by atoms with van der Waals surface area (Å²) in [7, 11) is -1.83. The SMILES string of the molecule is COCCOCCCCNS(=O)(=O)c1cn[nH]c1C. The summed E-state index contributed by atoms with van der Waals surface area (Å²) < 4.78 is 36.4. The van der Waals surface area contributed by atoms with Gasteiger partial charge in [-0.15, -0.1) is 0 Å². The fourth-order valence-electron chi connectivity index (χ4n) is 1.47. The lowest BCUT2D eigenvalue weighted by atomic mass is 10.3. The first-order chi connectivity index (χ1) is 9.08. The number of unbranched alkanes of at least 4 members (excludes halogenated alkanes) is 1. The minimum absolute atomic E-state index is 0.198. The molecule has 0 fully saturated rings. The van der Waals surface area contributed by atoms with Crippen LogP contribution in [0.25, 0.3) is 0 Å². The third-order valence-corrected chi connectivity index (χ3v) is 4.09. The molecular weight excluding hydrogens is 270 g/mol. The molecule has 1 heterocycles. The average Bonchev–Trinajstić information content (AvgIpc) is 2.80. The Morgan fingerprint density at radius 3 is 2.74 bits per heavy atom. The van der Waals surface area contributed by atoms with Crippen molar-refractivity contribution < 1.29 is 17.9 Å². The van der Waals surface area contributed by atoms with Gasteiger partial charge < -0.3 is 9.47 Å². The lowest BCUT2D eigenvalue weighted by Gasteiger charge is -2.06. The first-order valence-corrected chi connectivity index (χ1v) is 7.62. The highest BCUT2D eigenvalue weighted by atomic mass is 32.2. The number of sulfonamides is 1. The van der Waals surface area contributed by atoms with E-state index in [9.17, 15) is 8.42 Å². The van der Waals surface area contributed by atoms with Gasteiger partial charge in [-0.05, 0) is 19.8 Å². The van der Waals surface area contributed by atoms with Crippen LogP contribution in [0.15, 0.2) is 11.1 Å². The highest BCUT2D eigenvalue weighted by Crippen LogP contribution is 2.10. The van der Waals surface area contributed by atoms with Crippen LogP contribution in [0.2, 0.25) is 0 Å². The molecule has 2 N–H and O–H groups in total. The van der Waals surface area contributed by atoms with Gasteiger partial charge in [0.15, 0.2) is 0 Å². The summed E-state index contributed by atoms with van der Waals surface area (Å²) in [5.74, 6) is 0. The predicted octanol–water partition coefficient (Wildman–Crippen LogP) is 0.440. The lowest BCUT2D eigenvalue weighted by molar-refractivity contribution is 0.0689. The highest BCUT2D eigenvalue weighted by molar-refractivity contribution is 7.89. The van der Waals surface area contributed by atoms with Gasteiger partial charge in [0.25, 0.3) is 0 Å². The summed E-state index contributed by atoms with van der Waals surface area (Å²) in [4.78, 5) is 0.198. The van der Waals surface area contributed by atoms with E-state index in [2.05, 4.69) is 14.9 Å². The number of hydrogen-bond acceptors (Lipinski definition) is 5. The van der Waals surface area contributed by atoms with Crippen LogP contribution in [-0.4, -0.2) is 52.1 Å². The van der Waals surface area contributed by atoms with Crippen molar-refractivity contribution in [3.8, 4) is 0 Å². The Hall–Kier alpha value is -0.960. The number of aromatic nitrogens is 2. The predicted molar refractivity (Wildman–Crippen MR) is 70.4 cm³/mol. The van der Waals surface area contributed by atoms with Gasteiger partial charge in [-0.2, -0.15) is 5.10 Å². The maximum absolute atomic E-state index is 11.9. The van der Waals surface area contributed by atoms with Gasteiger partial charge in [0.1, 0.15) is 4.90 Å². The Morgan fingerprint density at radius 1 is 1.32 bits per heavy atom. The van der Waals surface area contributed by atoms with Crippen LogP contribution in [0.1, 0.15) is 18.5 Å². The zero-order chi connectivity index (χ0) is 14.1. The number of aryl methyl sites for hydroxylation is 1. The molecule has 0 aliphatic heterocycles. The largest absolute Gasteiger partial charge is 0.382 e. The number of H-pyrrole nitrogens is 1. The van der Waals surface area contributed by atoms with Gasteiger partial charge in [0, 0.05) is 20.3 Å². The van der Waals surface area contributed by atoms with E-state index < -0.39 is 10.0 Å². The molecule has 8 heteroatoms. The molecule has 0 aromatic carbocycles. The average molecular weight is 291 g/mol. The van der Waals surface area contributed by atoms with E-state index in [1.807, 2.05) is 0 Å². The molecule has 0 saturated heterocycles. The van der Waals surface area contributed by atoms with E-state index in [-0.39, 0.29) is 4.90 Å². The summed E-state index contributed by atoms with van der Waals surface area (Å²) in [6, 6.07) is 0. The molecule has 0 atom stereocenters. The molecule has 7 nitrogen and oxygen atoms in total. The monoisotopic (exact) mass is 291 g/mol. The summed E-state index contributed by atoms with van der Waals surface area (Å²) in [5.41, 5.74) is 0.537. The molecular formula is C11H21N3O4S. The first kappa shape index (κ1) is 16.1. The second-order valence-corrected chi connectivity index (χ2v) is 5.80. The number of rotatable bonds is 10. The maximum Gasteiger partial charge on any atom is 0.243 e. The van der Waals surface area contributed by atoms with Crippen LogP contribution in [0, 0.1) is 6.92 Å². The fourth-order valence-corrected chi connectivity index (χ4v) is 2.68. The topological polar surface area (TPSA) is 93.3 Å². The number of hydrogen-bond donors (Lipinski definition) is 2. The summed E-state index contributed by atoms with van der Waals surface area (Å²) in [6.07, 6.45) is 2.84. The molecule has 110 valence electrons. The van der Waals surface area contributed by atoms with Crippen molar-refractivity contribution in [2.24, 2.45) is 0 Å². The van der Waals surface area contributed by atoms with Crippen LogP contribution in [-0.2, 0) is 19.5 Å². The van der Waals surface area contributed by atoms with Crippen molar-refractivity contribution in [2.75, 3.05) is 33.5 Å². The third-order valence-electron chi connectivity index (χ3n) is 2.51. The van der Waals surface area contributed by atoms with Gasteiger partial charge in [-0.3, -0.25) is 5.10 Å². The molecule has 0 bridgehead atoms. The summed E-state index contributed by atoms with van der Waals surface area (Å²) in [6.45, 7) is 3.81. The molecule has 0 aliphatic rings. The standard InChI is InChI=1S/C11H21N3O4S/c1-10-11(9-12-14-10)19(15,16)13-5-3-4-6-18-8-7-17-2/h9,13H,3-8H2,1-2H3,(H,12,14). The van der Waals surface area contributed by atoms with Crippen molar-refractivity contribution in [1.29, 1.82) is 0 Å². The maximum atomic E-state index is 11.9. The Labute approximate surface area is 113 Å². The van der Waals surface area contributed by atoms with Crippen LogP contribution in [0.4, 0.5) is 0 Å². The third kappa shape index (κ3) is 5.68. The smallest absolute Gasteiger partial charge is 0.243 e. The van der Waals surface area contributed by atoms with Crippen LogP contribution in [0.3, 0.4) is 0 Å². The van der Waals surface area contributed by atoms with E-state index >= 15 is 0 Å². The Morgan fingerprint density at radius 2 is 2.11 bits per heavy atom. The van der Waals surface area contributed by atoms with Crippen molar-refractivity contribution in [1.82, 2.24) is 14.9 Å². The van der Waals surface area contributed by atoms with E-state index in [0.29, 0.717) is 32.1 Å². The molecule has 0 aliphatic carbocycles. The van der Waals surface area contributed by atoms with Crippen LogP contribution < -0.4 is 4.72 Å². The molecule has 1 aromatic rings. The van der Waals surface area contributed by atoms with Crippen LogP contribution in [0.5, 0.6) is 0 Å². The zero-order valence-corrected chi connectivity index (χ0v) is 12.1. The van der Waals surface area contributed by atoms with Gasteiger partial charge in [-0.1, -0.05) is 0 Å². The van der Waals surface area contributed by atoms with Gasteiger partial charge in [0.2, 0.25) is 10.0 Å². The van der Waals surface area contributed by atoms with Gasteiger partial charge >= 0.3 is 0 Å². The number of nitrogens with one attached hydrogen (secondary N) is 2. The number of methoxy groups -OCH3 is 1. The van der Waals surface area contributed by atoms with Crippen molar-refractivity contribution in [3.05, 3.63) is 11.9 Å². The van der Waals surface area contributed by atoms with E-state index in [0.717, 1.165) is 12.8 Å². The Kier molecular flexibility index (Phi) is 7.00. The van der Waals surface area contributed by atoms with Crippen molar-refractivity contribution in [2.45, 2.75) is 24.7 Å². The Bertz CT molecular complexity index is 458. The first-order valence-electron chi connectivity index (χ1n) is 6.14. The molecule has 0 amide bonds. The van der Waals surface area contributed by atoms with Gasteiger partial charge in [0.05, 0.1) is 25.1 Å². The second kappa shape index (κ2) is 8.26. The quantitative estimate of drug-likeness (QED) is 0.610. The second-order valence-electron chi connectivity index (χ2n) is 4.07. The molecule has 0 radical (unpaired) electrons. The van der Waals surface area contributed by atoms with Crippen LogP contribution >= 0.6 is 0 Å². The molecule has 0 spiro atoms. The minimum Gasteiger partial charge on any atom is -0.382 e. The van der Waals surface area contributed by atoms with Gasteiger partial charge in [-0.25, -0.2) is 13.1 Å². The normalized spacial score (nSPS) is 11.9. The van der Waals surface area contributed by atoms with Crippen molar-refractivity contribution >= 4 is 10.0 Å². The number of nitrogens with zero attached hydrogens (tertiary/aromatic N) is 1. The molecule has 1 aromatic heterocycles. The Balaban J connectivity index is 2.17. The fraction of sp³-hybridized carbons (Fsp3) is 0.727. The molecule has 0 unspecified atom stereocenters. The molecule has 1 rings (SSSR count). The molecule has 0 saturated carbocycles. The van der Waals surface area contributed by atoms with Crippen molar-refractivity contribution in [3.63, 3.8) is 0 Å². The minimum atomic E-state index is -3.45. The van der Waals surface area contributed by atoms with E-state index in [1.54, 1.807) is 14.0 Å². The van der Waals surface area contributed by atoms with E-state index in [1.165, 1.54) is 6.20 Å². The highest BCUT2D eigenvalue weighted by Gasteiger charge is 2.17.